The average Bonchev–Trinajstić information content (AvgIpc) is 3.25. The summed E-state index contributed by atoms with van der Waals surface area (Å²) < 4.78 is 0. The van der Waals surface area contributed by atoms with Gasteiger partial charge in [0.15, 0.2) is 0 Å². The zero-order valence-electron chi connectivity index (χ0n) is 14.5. The number of likely N-dealkylation sites (tertiary alicyclic amines) is 1. The van der Waals surface area contributed by atoms with Gasteiger partial charge in [0.1, 0.15) is 5.65 Å². The minimum atomic E-state index is 0.254. The molecule has 0 saturated carbocycles. The summed E-state index contributed by atoms with van der Waals surface area (Å²) in [7, 11) is 4.13. The Balaban J connectivity index is 1.82. The monoisotopic (exact) mass is 334 g/mol. The van der Waals surface area contributed by atoms with Crippen LogP contribution in [0.3, 0.4) is 0 Å². The number of aromatic amines is 1. The Morgan fingerprint density at radius 3 is 2.64 bits per heavy atom. The van der Waals surface area contributed by atoms with Crippen LogP contribution in [-0.4, -0.2) is 48.5 Å². The number of aromatic nitrogens is 2. The lowest BCUT2D eigenvalue weighted by atomic mass is 9.83. The van der Waals surface area contributed by atoms with Crippen molar-refractivity contribution in [1.82, 2.24) is 14.9 Å². The predicted molar refractivity (Wildman–Crippen MR) is 100.0 cm³/mol. The fourth-order valence-electron chi connectivity index (χ4n) is 4.04. The molecule has 5 heteroatoms. The number of carbonyl (C=O) groups is 1. The SMILES string of the molecule is CN(C)c1ccccc1C1CN(C=O)CC1c1c[nH]c2ncccc12. The summed E-state index contributed by atoms with van der Waals surface area (Å²) in [6, 6.07) is 12.6. The van der Waals surface area contributed by atoms with Crippen molar-refractivity contribution in [1.29, 1.82) is 0 Å². The third-order valence-corrected chi connectivity index (χ3v) is 5.20. The number of H-pyrrole nitrogens is 1. The Hall–Kier alpha value is -2.82. The van der Waals surface area contributed by atoms with Gasteiger partial charge >= 0.3 is 0 Å². The minimum absolute atomic E-state index is 0.254. The van der Waals surface area contributed by atoms with Gasteiger partial charge in [0.2, 0.25) is 6.41 Å². The number of benzene rings is 1. The molecule has 2 aromatic heterocycles. The maximum absolute atomic E-state index is 11.5. The number of amides is 1. The molecule has 5 nitrogen and oxygen atoms in total. The van der Waals surface area contributed by atoms with Crippen molar-refractivity contribution in [2.24, 2.45) is 0 Å². The number of hydrogen-bond donors (Lipinski definition) is 1. The largest absolute Gasteiger partial charge is 0.377 e. The van der Waals surface area contributed by atoms with Crippen LogP contribution in [0, 0.1) is 0 Å². The van der Waals surface area contributed by atoms with Crippen LogP contribution in [0.4, 0.5) is 5.69 Å². The molecule has 1 N–H and O–H groups in total. The smallest absolute Gasteiger partial charge is 0.209 e. The molecular formula is C20H22N4O. The summed E-state index contributed by atoms with van der Waals surface area (Å²) in [5, 5.41) is 1.15. The van der Waals surface area contributed by atoms with E-state index in [-0.39, 0.29) is 11.8 Å². The van der Waals surface area contributed by atoms with E-state index in [1.165, 1.54) is 16.8 Å². The Morgan fingerprint density at radius 2 is 1.88 bits per heavy atom. The van der Waals surface area contributed by atoms with Crippen molar-refractivity contribution < 1.29 is 4.79 Å². The molecule has 1 saturated heterocycles. The number of nitrogens with one attached hydrogen (secondary N) is 1. The van der Waals surface area contributed by atoms with Gasteiger partial charge in [-0.25, -0.2) is 4.98 Å². The Bertz CT molecular complexity index is 901. The van der Waals surface area contributed by atoms with E-state index in [2.05, 4.69) is 65.5 Å². The summed E-state index contributed by atoms with van der Waals surface area (Å²) in [5.41, 5.74) is 4.65. The van der Waals surface area contributed by atoms with Crippen LogP contribution in [0.15, 0.2) is 48.8 Å². The Morgan fingerprint density at radius 1 is 1.12 bits per heavy atom. The zero-order valence-corrected chi connectivity index (χ0v) is 14.5. The molecule has 0 radical (unpaired) electrons. The average molecular weight is 334 g/mol. The molecule has 25 heavy (non-hydrogen) atoms. The van der Waals surface area contributed by atoms with E-state index >= 15 is 0 Å². The van der Waals surface area contributed by atoms with Crippen LogP contribution < -0.4 is 4.90 Å². The molecule has 1 aromatic carbocycles. The van der Waals surface area contributed by atoms with Gasteiger partial charge in [-0.2, -0.15) is 0 Å². The lowest BCUT2D eigenvalue weighted by molar-refractivity contribution is -0.117. The first-order valence-corrected chi connectivity index (χ1v) is 8.56. The summed E-state index contributed by atoms with van der Waals surface area (Å²) >= 11 is 0. The minimum Gasteiger partial charge on any atom is -0.377 e. The molecule has 3 heterocycles. The van der Waals surface area contributed by atoms with Crippen LogP contribution in [0.1, 0.15) is 23.0 Å². The van der Waals surface area contributed by atoms with Crippen molar-refractivity contribution >= 4 is 23.1 Å². The van der Waals surface area contributed by atoms with Crippen LogP contribution in [0.2, 0.25) is 0 Å². The lowest BCUT2D eigenvalue weighted by Gasteiger charge is -2.24. The Kier molecular flexibility index (Phi) is 3.92. The fourth-order valence-corrected chi connectivity index (χ4v) is 4.04. The topological polar surface area (TPSA) is 52.2 Å². The molecule has 1 amide bonds. The van der Waals surface area contributed by atoms with Gasteiger partial charge in [0, 0.05) is 62.5 Å². The first-order chi connectivity index (χ1) is 12.2. The number of carbonyl (C=O) groups excluding carboxylic acids is 1. The fraction of sp³-hybridized carbons (Fsp3) is 0.300. The van der Waals surface area contributed by atoms with Gasteiger partial charge in [0.25, 0.3) is 0 Å². The molecule has 1 aliphatic heterocycles. The normalized spacial score (nSPS) is 20.2. The highest BCUT2D eigenvalue weighted by Gasteiger charge is 2.37. The third-order valence-electron chi connectivity index (χ3n) is 5.20. The van der Waals surface area contributed by atoms with E-state index in [4.69, 9.17) is 0 Å². The molecule has 3 aromatic rings. The molecule has 0 spiro atoms. The highest BCUT2D eigenvalue weighted by atomic mass is 16.1. The maximum Gasteiger partial charge on any atom is 0.209 e. The molecule has 1 aliphatic rings. The van der Waals surface area contributed by atoms with Crippen LogP contribution in [0.5, 0.6) is 0 Å². The second-order valence-corrected chi connectivity index (χ2v) is 6.87. The quantitative estimate of drug-likeness (QED) is 0.746. The molecule has 0 bridgehead atoms. The standard InChI is InChI=1S/C20H22N4O/c1-23(2)19-8-4-3-6-14(19)17-11-24(13-25)12-18(17)16-10-22-20-15(16)7-5-9-21-20/h3-10,13,17-18H,11-12H2,1-2H3,(H,21,22). The Labute approximate surface area is 147 Å². The van der Waals surface area contributed by atoms with Crippen LogP contribution >= 0.6 is 0 Å². The number of anilines is 1. The molecule has 4 rings (SSSR count). The number of para-hydroxylation sites is 1. The van der Waals surface area contributed by atoms with Crippen molar-refractivity contribution in [3.05, 3.63) is 59.9 Å². The van der Waals surface area contributed by atoms with Crippen LogP contribution in [0.25, 0.3) is 11.0 Å². The number of nitrogens with zero attached hydrogens (tertiary/aromatic N) is 3. The number of rotatable bonds is 4. The van der Waals surface area contributed by atoms with Crippen molar-refractivity contribution in [2.75, 3.05) is 32.1 Å². The first-order valence-electron chi connectivity index (χ1n) is 8.56. The lowest BCUT2D eigenvalue weighted by Crippen LogP contribution is -2.18. The van der Waals surface area contributed by atoms with Crippen molar-refractivity contribution in [3.8, 4) is 0 Å². The second kappa shape index (κ2) is 6.24. The van der Waals surface area contributed by atoms with E-state index in [0.717, 1.165) is 30.5 Å². The molecule has 2 unspecified atom stereocenters. The highest BCUT2D eigenvalue weighted by Crippen LogP contribution is 2.44. The van der Waals surface area contributed by atoms with Crippen molar-refractivity contribution in [2.45, 2.75) is 11.8 Å². The van der Waals surface area contributed by atoms with Gasteiger partial charge < -0.3 is 14.8 Å². The molecule has 2 atom stereocenters. The zero-order chi connectivity index (χ0) is 17.4. The van der Waals surface area contributed by atoms with E-state index < -0.39 is 0 Å². The third kappa shape index (κ3) is 2.65. The van der Waals surface area contributed by atoms with Crippen molar-refractivity contribution in [3.63, 3.8) is 0 Å². The number of pyridine rings is 1. The predicted octanol–water partition coefficient (Wildman–Crippen LogP) is 2.97. The summed E-state index contributed by atoms with van der Waals surface area (Å²) in [5.74, 6) is 0.521. The van der Waals surface area contributed by atoms with E-state index in [9.17, 15) is 4.79 Å². The number of hydrogen-bond acceptors (Lipinski definition) is 3. The van der Waals surface area contributed by atoms with E-state index in [0.29, 0.717) is 0 Å². The molecule has 1 fully saturated rings. The molecule has 0 aliphatic carbocycles. The van der Waals surface area contributed by atoms with Gasteiger partial charge in [-0.1, -0.05) is 18.2 Å². The summed E-state index contributed by atoms with van der Waals surface area (Å²) in [6.07, 6.45) is 4.83. The molecule has 128 valence electrons. The summed E-state index contributed by atoms with van der Waals surface area (Å²) in [6.45, 7) is 1.48. The maximum atomic E-state index is 11.5. The van der Waals surface area contributed by atoms with Gasteiger partial charge in [-0.05, 0) is 29.3 Å². The van der Waals surface area contributed by atoms with E-state index in [1.54, 1.807) is 6.20 Å². The summed E-state index contributed by atoms with van der Waals surface area (Å²) in [4.78, 5) is 23.2. The van der Waals surface area contributed by atoms with Gasteiger partial charge in [-0.15, -0.1) is 0 Å². The van der Waals surface area contributed by atoms with Crippen LogP contribution in [-0.2, 0) is 4.79 Å². The first kappa shape index (κ1) is 15.7. The van der Waals surface area contributed by atoms with E-state index in [1.807, 2.05) is 11.0 Å². The highest BCUT2D eigenvalue weighted by molar-refractivity contribution is 5.80. The second-order valence-electron chi connectivity index (χ2n) is 6.87. The van der Waals surface area contributed by atoms with Gasteiger partial charge in [-0.3, -0.25) is 4.79 Å². The van der Waals surface area contributed by atoms with Gasteiger partial charge in [0.05, 0.1) is 0 Å². The molecular weight excluding hydrogens is 312 g/mol. The number of fused-ring (bicyclic) bond motifs is 1.